The van der Waals surface area contributed by atoms with Gasteiger partial charge < -0.3 is 10.1 Å². The Hall–Kier alpha value is -2.35. The molecule has 0 unspecified atom stereocenters. The predicted molar refractivity (Wildman–Crippen MR) is 81.4 cm³/mol. The Labute approximate surface area is 125 Å². The van der Waals surface area contributed by atoms with Crippen molar-refractivity contribution >= 4 is 29.2 Å². The number of hydrogen-bond acceptors (Lipinski definition) is 7. The van der Waals surface area contributed by atoms with Crippen molar-refractivity contribution in [3.05, 3.63) is 30.1 Å². The lowest BCUT2D eigenvalue weighted by Crippen LogP contribution is -2.06. The Kier molecular flexibility index (Phi) is 3.61. The highest BCUT2D eigenvalue weighted by Gasteiger charge is 2.12. The van der Waals surface area contributed by atoms with Crippen LogP contribution < -0.4 is 10.1 Å². The Morgan fingerprint density at radius 2 is 2.00 bits per heavy atom. The Morgan fingerprint density at radius 3 is 2.76 bits per heavy atom. The molecule has 3 aromatic rings. The number of hydrogen-bond donors (Lipinski definition) is 1. The summed E-state index contributed by atoms with van der Waals surface area (Å²) in [6.45, 7) is 1.82. The summed E-state index contributed by atoms with van der Waals surface area (Å²) in [7, 11) is 1.63. The molecule has 0 aliphatic rings. The smallest absolute Gasteiger partial charge is 0.258 e. The number of aromatic nitrogens is 5. The van der Waals surface area contributed by atoms with Crippen LogP contribution in [0.15, 0.2) is 29.4 Å². The van der Waals surface area contributed by atoms with Gasteiger partial charge in [-0.3, -0.25) is 0 Å². The number of benzene rings is 1. The molecule has 7 nitrogen and oxygen atoms in total. The van der Waals surface area contributed by atoms with Gasteiger partial charge in [-0.25, -0.2) is 0 Å². The molecule has 1 N–H and O–H groups in total. The molecule has 0 spiro atoms. The molecule has 0 saturated carbocycles. The molecular weight excluding hydrogens is 288 g/mol. The van der Waals surface area contributed by atoms with Crippen molar-refractivity contribution in [2.24, 2.45) is 0 Å². The van der Waals surface area contributed by atoms with E-state index in [-0.39, 0.29) is 0 Å². The van der Waals surface area contributed by atoms with Crippen LogP contribution in [-0.2, 0) is 0 Å². The number of thioether (sulfide) groups is 1. The summed E-state index contributed by atoms with van der Waals surface area (Å²) in [5.41, 5.74) is 0.806. The summed E-state index contributed by atoms with van der Waals surface area (Å²) in [4.78, 5) is 13.1. The molecule has 0 atom stereocenters. The molecule has 8 heteroatoms. The average molecular weight is 302 g/mol. The van der Waals surface area contributed by atoms with Gasteiger partial charge in [-0.1, -0.05) is 23.9 Å². The van der Waals surface area contributed by atoms with E-state index in [1.165, 1.54) is 11.8 Å². The minimum atomic E-state index is 0.518. The van der Waals surface area contributed by atoms with Gasteiger partial charge in [-0.15, -0.1) is 5.10 Å². The van der Waals surface area contributed by atoms with Crippen LogP contribution in [0.4, 0.5) is 11.6 Å². The number of methoxy groups -OCH3 is 1. The van der Waals surface area contributed by atoms with Gasteiger partial charge in [0, 0.05) is 0 Å². The fourth-order valence-electron chi connectivity index (χ4n) is 1.91. The maximum absolute atomic E-state index is 5.33. The zero-order valence-corrected chi connectivity index (χ0v) is 12.7. The fraction of sp³-hybridized carbons (Fsp3) is 0.231. The minimum Gasteiger partial charge on any atom is -0.495 e. The standard InChI is InChI=1S/C13H14N6OS/c1-8-14-11-16-13(21-3)17-12(19(11)18-8)15-9-6-4-5-7-10(9)20-2/h4-7H,1-3H3,(H,14,15,16,17,18). The van der Waals surface area contributed by atoms with Crippen LogP contribution in [0.5, 0.6) is 5.75 Å². The number of nitrogens with one attached hydrogen (secondary N) is 1. The summed E-state index contributed by atoms with van der Waals surface area (Å²) in [6.07, 6.45) is 1.92. The van der Waals surface area contributed by atoms with Crippen molar-refractivity contribution in [2.45, 2.75) is 12.1 Å². The van der Waals surface area contributed by atoms with Crippen LogP contribution in [0.25, 0.3) is 5.78 Å². The third-order valence-corrected chi connectivity index (χ3v) is 3.38. The molecule has 2 aromatic heterocycles. The van der Waals surface area contributed by atoms with Crippen molar-refractivity contribution in [3.8, 4) is 5.75 Å². The van der Waals surface area contributed by atoms with E-state index < -0.39 is 0 Å². The number of anilines is 2. The summed E-state index contributed by atoms with van der Waals surface area (Å²) in [5.74, 6) is 2.44. The molecular formula is C13H14N6OS. The average Bonchev–Trinajstić information content (AvgIpc) is 2.88. The minimum absolute atomic E-state index is 0.518. The van der Waals surface area contributed by atoms with E-state index in [1.807, 2.05) is 37.4 Å². The van der Waals surface area contributed by atoms with Gasteiger partial charge in [0.2, 0.25) is 5.95 Å². The van der Waals surface area contributed by atoms with E-state index in [2.05, 4.69) is 25.4 Å². The Balaban J connectivity index is 2.10. The van der Waals surface area contributed by atoms with Gasteiger partial charge in [0.05, 0.1) is 12.8 Å². The first-order chi connectivity index (χ1) is 10.2. The van der Waals surface area contributed by atoms with Crippen LogP contribution in [0.1, 0.15) is 5.82 Å². The molecule has 0 amide bonds. The van der Waals surface area contributed by atoms with E-state index in [9.17, 15) is 0 Å². The monoisotopic (exact) mass is 302 g/mol. The number of aryl methyl sites for hydroxylation is 1. The number of ether oxygens (including phenoxy) is 1. The quantitative estimate of drug-likeness (QED) is 0.741. The topological polar surface area (TPSA) is 77.2 Å². The highest BCUT2D eigenvalue weighted by atomic mass is 32.2. The van der Waals surface area contributed by atoms with Crippen molar-refractivity contribution in [2.75, 3.05) is 18.7 Å². The van der Waals surface area contributed by atoms with Crippen molar-refractivity contribution in [3.63, 3.8) is 0 Å². The maximum Gasteiger partial charge on any atom is 0.258 e. The third-order valence-electron chi connectivity index (χ3n) is 2.83. The SMILES string of the molecule is COc1ccccc1Nc1nc(SC)nc2nc(C)nn12. The second-order valence-corrected chi connectivity index (χ2v) is 5.00. The molecule has 21 heavy (non-hydrogen) atoms. The second kappa shape index (κ2) is 5.57. The lowest BCUT2D eigenvalue weighted by Gasteiger charge is -2.11. The molecule has 2 heterocycles. The van der Waals surface area contributed by atoms with E-state index in [0.717, 1.165) is 11.4 Å². The molecule has 3 rings (SSSR count). The van der Waals surface area contributed by atoms with E-state index in [1.54, 1.807) is 11.6 Å². The van der Waals surface area contributed by atoms with Crippen molar-refractivity contribution in [1.29, 1.82) is 0 Å². The largest absolute Gasteiger partial charge is 0.495 e. The van der Waals surface area contributed by atoms with Crippen LogP contribution in [0.2, 0.25) is 0 Å². The molecule has 0 aliphatic heterocycles. The zero-order chi connectivity index (χ0) is 14.8. The summed E-state index contributed by atoms with van der Waals surface area (Å²) in [5, 5.41) is 8.17. The molecule has 0 radical (unpaired) electrons. The lowest BCUT2D eigenvalue weighted by atomic mass is 10.3. The Morgan fingerprint density at radius 1 is 1.19 bits per heavy atom. The van der Waals surface area contributed by atoms with Crippen LogP contribution in [0.3, 0.4) is 0 Å². The summed E-state index contributed by atoms with van der Waals surface area (Å²) < 4.78 is 6.92. The first-order valence-electron chi connectivity index (χ1n) is 6.26. The zero-order valence-electron chi connectivity index (χ0n) is 11.9. The first kappa shape index (κ1) is 13.6. The van der Waals surface area contributed by atoms with Crippen LogP contribution in [-0.4, -0.2) is 37.9 Å². The van der Waals surface area contributed by atoms with E-state index in [4.69, 9.17) is 4.74 Å². The molecule has 108 valence electrons. The predicted octanol–water partition coefficient (Wildman–Crippen LogP) is 2.30. The summed E-state index contributed by atoms with van der Waals surface area (Å²) in [6, 6.07) is 7.62. The molecule has 0 bridgehead atoms. The molecule has 1 aromatic carbocycles. The first-order valence-corrected chi connectivity index (χ1v) is 7.49. The van der Waals surface area contributed by atoms with Gasteiger partial charge in [0.15, 0.2) is 5.16 Å². The Bertz CT molecular complexity index is 787. The number of nitrogens with zero attached hydrogens (tertiary/aromatic N) is 5. The van der Waals surface area contributed by atoms with Gasteiger partial charge in [0.25, 0.3) is 5.78 Å². The number of para-hydroxylation sites is 2. The molecule has 0 fully saturated rings. The fourth-order valence-corrected chi connectivity index (χ4v) is 2.26. The third kappa shape index (κ3) is 2.62. The van der Waals surface area contributed by atoms with Gasteiger partial charge in [-0.2, -0.15) is 19.5 Å². The van der Waals surface area contributed by atoms with Crippen LogP contribution >= 0.6 is 11.8 Å². The lowest BCUT2D eigenvalue weighted by molar-refractivity contribution is 0.416. The van der Waals surface area contributed by atoms with E-state index >= 15 is 0 Å². The number of rotatable bonds is 4. The van der Waals surface area contributed by atoms with Crippen molar-refractivity contribution in [1.82, 2.24) is 24.6 Å². The highest BCUT2D eigenvalue weighted by Crippen LogP contribution is 2.26. The highest BCUT2D eigenvalue weighted by molar-refractivity contribution is 7.98. The molecule has 0 saturated heterocycles. The number of fused-ring (bicyclic) bond motifs is 1. The van der Waals surface area contributed by atoms with E-state index in [0.29, 0.717) is 22.7 Å². The normalized spacial score (nSPS) is 10.8. The summed E-state index contributed by atoms with van der Waals surface area (Å²) >= 11 is 1.45. The van der Waals surface area contributed by atoms with Gasteiger partial charge in [-0.05, 0) is 25.3 Å². The second-order valence-electron chi connectivity index (χ2n) is 4.23. The molecule has 0 aliphatic carbocycles. The maximum atomic E-state index is 5.33. The van der Waals surface area contributed by atoms with Crippen LogP contribution in [0, 0.1) is 6.92 Å². The van der Waals surface area contributed by atoms with Gasteiger partial charge >= 0.3 is 0 Å². The van der Waals surface area contributed by atoms with Gasteiger partial charge in [0.1, 0.15) is 11.6 Å². The van der Waals surface area contributed by atoms with Crippen molar-refractivity contribution < 1.29 is 4.74 Å².